The first-order valence-corrected chi connectivity index (χ1v) is 11.1. The van der Waals surface area contributed by atoms with Crippen molar-refractivity contribution >= 4 is 31.4 Å². The molecular formula is C21H25NO3S2. The third-order valence-corrected chi connectivity index (χ3v) is 8.17. The molecule has 0 aliphatic heterocycles. The van der Waals surface area contributed by atoms with E-state index in [1.165, 1.54) is 11.3 Å². The molecule has 0 saturated heterocycles. The zero-order chi connectivity index (χ0) is 20.0. The number of hydrogen-bond acceptors (Lipinski definition) is 4. The van der Waals surface area contributed by atoms with Crippen LogP contribution in [0.25, 0.3) is 10.1 Å². The molecule has 3 aromatic rings. The van der Waals surface area contributed by atoms with Crippen LogP contribution in [0.5, 0.6) is 0 Å². The Morgan fingerprint density at radius 3 is 2.22 bits per heavy atom. The molecule has 1 heterocycles. The number of aryl methyl sites for hydroxylation is 2. The Kier molecular flexibility index (Phi) is 5.20. The van der Waals surface area contributed by atoms with Crippen LogP contribution < -0.4 is 4.72 Å². The molecule has 2 N–H and O–H groups in total. The van der Waals surface area contributed by atoms with Gasteiger partial charge in [0.2, 0.25) is 10.0 Å². The molecule has 0 aliphatic rings. The van der Waals surface area contributed by atoms with E-state index in [0.29, 0.717) is 4.90 Å². The number of sulfonamides is 1. The van der Waals surface area contributed by atoms with Crippen molar-refractivity contribution in [3.05, 3.63) is 63.5 Å². The molecular weight excluding hydrogens is 378 g/mol. The van der Waals surface area contributed by atoms with Crippen LogP contribution in [0.1, 0.15) is 34.1 Å². The first kappa shape index (κ1) is 20.0. The zero-order valence-corrected chi connectivity index (χ0v) is 17.9. The number of fused-ring (bicyclic) bond motifs is 1. The maximum atomic E-state index is 13.0. The lowest BCUT2D eigenvalue weighted by molar-refractivity contribution is 0.0666. The minimum Gasteiger partial charge on any atom is -0.383 e. The van der Waals surface area contributed by atoms with E-state index in [4.69, 9.17) is 0 Å². The quantitative estimate of drug-likeness (QED) is 0.667. The Bertz CT molecular complexity index is 1050. The van der Waals surface area contributed by atoms with Crippen LogP contribution in [0, 0.1) is 27.7 Å². The summed E-state index contributed by atoms with van der Waals surface area (Å²) in [5.41, 5.74) is 2.07. The Balaban J connectivity index is 1.91. The topological polar surface area (TPSA) is 66.4 Å². The van der Waals surface area contributed by atoms with E-state index in [-0.39, 0.29) is 6.54 Å². The minimum atomic E-state index is -3.74. The van der Waals surface area contributed by atoms with Crippen molar-refractivity contribution < 1.29 is 13.5 Å². The lowest BCUT2D eigenvalue weighted by atomic mass is 10.0. The second-order valence-electron chi connectivity index (χ2n) is 7.34. The number of thiophene rings is 1. The van der Waals surface area contributed by atoms with Crippen molar-refractivity contribution in [2.45, 2.75) is 45.1 Å². The summed E-state index contributed by atoms with van der Waals surface area (Å²) < 4.78 is 29.7. The minimum absolute atomic E-state index is 0.0893. The van der Waals surface area contributed by atoms with Gasteiger partial charge in [-0.15, -0.1) is 11.3 Å². The molecule has 0 fully saturated rings. The second-order valence-corrected chi connectivity index (χ2v) is 10.1. The summed E-state index contributed by atoms with van der Waals surface area (Å²) in [5, 5.41) is 12.0. The molecule has 6 heteroatoms. The number of aliphatic hydroxyl groups is 1. The van der Waals surface area contributed by atoms with E-state index < -0.39 is 15.6 Å². The molecule has 0 spiro atoms. The fourth-order valence-corrected chi connectivity index (χ4v) is 6.08. The van der Waals surface area contributed by atoms with Gasteiger partial charge in [-0.05, 0) is 74.4 Å². The molecule has 0 aliphatic carbocycles. The Morgan fingerprint density at radius 2 is 1.63 bits per heavy atom. The first-order chi connectivity index (χ1) is 12.5. The molecule has 144 valence electrons. The van der Waals surface area contributed by atoms with Crippen LogP contribution in [0.15, 0.2) is 41.3 Å². The highest BCUT2D eigenvalue weighted by atomic mass is 32.2. The molecule has 4 nitrogen and oxygen atoms in total. The van der Waals surface area contributed by atoms with Crippen molar-refractivity contribution in [3.63, 3.8) is 0 Å². The number of hydrogen-bond donors (Lipinski definition) is 2. The third-order valence-electron chi connectivity index (χ3n) is 5.13. The summed E-state index contributed by atoms with van der Waals surface area (Å²) in [7, 11) is -3.74. The number of rotatable bonds is 5. The highest BCUT2D eigenvalue weighted by Gasteiger charge is 2.29. The first-order valence-electron chi connectivity index (χ1n) is 8.81. The largest absolute Gasteiger partial charge is 0.383 e. The predicted octanol–water partition coefficient (Wildman–Crippen LogP) is 4.32. The third kappa shape index (κ3) is 3.80. The summed E-state index contributed by atoms with van der Waals surface area (Å²) in [5.74, 6) is 0. The molecule has 2 aromatic carbocycles. The summed E-state index contributed by atoms with van der Waals surface area (Å²) in [6.07, 6.45) is 0. The van der Waals surface area contributed by atoms with Crippen LogP contribution in [-0.4, -0.2) is 20.1 Å². The molecule has 0 radical (unpaired) electrons. The van der Waals surface area contributed by atoms with Gasteiger partial charge < -0.3 is 5.11 Å². The Morgan fingerprint density at radius 1 is 1.04 bits per heavy atom. The van der Waals surface area contributed by atoms with Crippen molar-refractivity contribution in [1.29, 1.82) is 0 Å². The van der Waals surface area contributed by atoms with Crippen molar-refractivity contribution in [2.24, 2.45) is 0 Å². The van der Waals surface area contributed by atoms with Crippen molar-refractivity contribution in [3.8, 4) is 0 Å². The van der Waals surface area contributed by atoms with Crippen LogP contribution >= 0.6 is 11.3 Å². The Hall–Kier alpha value is -1.73. The molecule has 3 rings (SSSR count). The highest BCUT2D eigenvalue weighted by Crippen LogP contribution is 2.33. The summed E-state index contributed by atoms with van der Waals surface area (Å²) in [6.45, 7) is 9.01. The van der Waals surface area contributed by atoms with Crippen molar-refractivity contribution in [1.82, 2.24) is 4.72 Å². The maximum absolute atomic E-state index is 13.0. The van der Waals surface area contributed by atoms with E-state index in [1.807, 2.05) is 64.1 Å². The molecule has 1 unspecified atom stereocenters. The number of nitrogens with one attached hydrogen (secondary N) is 1. The van der Waals surface area contributed by atoms with E-state index in [9.17, 15) is 13.5 Å². The SMILES string of the molecule is Cc1cc(C)c(C)c(S(=O)(=O)NCC(C)(O)c2cc3ccccc3s2)c1C. The van der Waals surface area contributed by atoms with E-state index in [1.54, 1.807) is 6.92 Å². The highest BCUT2D eigenvalue weighted by molar-refractivity contribution is 7.89. The van der Waals surface area contributed by atoms with Gasteiger partial charge in [0.05, 0.1) is 4.90 Å². The van der Waals surface area contributed by atoms with Gasteiger partial charge in [0.15, 0.2) is 0 Å². The smallest absolute Gasteiger partial charge is 0.241 e. The van der Waals surface area contributed by atoms with Gasteiger partial charge in [-0.25, -0.2) is 13.1 Å². The van der Waals surface area contributed by atoms with Gasteiger partial charge in [0.1, 0.15) is 5.60 Å². The van der Waals surface area contributed by atoms with Gasteiger partial charge in [-0.2, -0.15) is 0 Å². The van der Waals surface area contributed by atoms with Crippen LogP contribution in [0.3, 0.4) is 0 Å². The van der Waals surface area contributed by atoms with E-state index >= 15 is 0 Å². The van der Waals surface area contributed by atoms with E-state index in [0.717, 1.165) is 37.2 Å². The summed E-state index contributed by atoms with van der Waals surface area (Å²) in [4.78, 5) is 1.05. The lowest BCUT2D eigenvalue weighted by Gasteiger charge is -2.23. The van der Waals surface area contributed by atoms with Crippen LogP contribution in [0.4, 0.5) is 0 Å². The maximum Gasteiger partial charge on any atom is 0.241 e. The summed E-state index contributed by atoms with van der Waals surface area (Å²) >= 11 is 1.48. The van der Waals surface area contributed by atoms with E-state index in [2.05, 4.69) is 4.72 Å². The van der Waals surface area contributed by atoms with Gasteiger partial charge in [0.25, 0.3) is 0 Å². The Labute approximate surface area is 164 Å². The molecule has 0 bridgehead atoms. The van der Waals surface area contributed by atoms with Gasteiger partial charge in [-0.1, -0.05) is 24.3 Å². The standard InChI is InChI=1S/C21H25NO3S2/c1-13-10-14(2)16(4)20(15(13)3)27(24,25)22-12-21(5,23)19-11-17-8-6-7-9-18(17)26-19/h6-11,22-23H,12H2,1-5H3. The monoisotopic (exact) mass is 403 g/mol. The van der Waals surface area contributed by atoms with Crippen LogP contribution in [0.2, 0.25) is 0 Å². The summed E-state index contributed by atoms with van der Waals surface area (Å²) in [6, 6.07) is 11.8. The second kappa shape index (κ2) is 7.02. The molecule has 0 saturated carbocycles. The molecule has 1 aromatic heterocycles. The fraction of sp³-hybridized carbons (Fsp3) is 0.333. The lowest BCUT2D eigenvalue weighted by Crippen LogP contribution is -2.38. The average molecular weight is 404 g/mol. The molecule has 1 atom stereocenters. The molecule has 27 heavy (non-hydrogen) atoms. The van der Waals surface area contributed by atoms with Gasteiger partial charge in [0, 0.05) is 16.1 Å². The molecule has 0 amide bonds. The van der Waals surface area contributed by atoms with Crippen molar-refractivity contribution in [2.75, 3.05) is 6.54 Å². The fourth-order valence-electron chi connectivity index (χ4n) is 3.23. The normalized spacial score (nSPS) is 14.4. The van der Waals surface area contributed by atoms with Gasteiger partial charge in [-0.3, -0.25) is 0 Å². The zero-order valence-electron chi connectivity index (χ0n) is 16.3. The predicted molar refractivity (Wildman–Crippen MR) is 112 cm³/mol. The average Bonchev–Trinajstić information content (AvgIpc) is 3.04. The number of benzene rings is 2. The van der Waals surface area contributed by atoms with Crippen LogP contribution in [-0.2, 0) is 15.6 Å². The van der Waals surface area contributed by atoms with Gasteiger partial charge >= 0.3 is 0 Å².